The van der Waals surface area contributed by atoms with Crippen LogP contribution in [0.2, 0.25) is 0 Å². The zero-order valence-corrected chi connectivity index (χ0v) is 52.7. The Kier molecular flexibility index (Phi) is 13.6. The van der Waals surface area contributed by atoms with Crippen molar-refractivity contribution in [2.75, 3.05) is 9.80 Å². The summed E-state index contributed by atoms with van der Waals surface area (Å²) in [5.41, 5.74) is 22.9. The third-order valence-electron chi connectivity index (χ3n) is 18.5. The van der Waals surface area contributed by atoms with Crippen LogP contribution in [0.4, 0.5) is 34.1 Å². The van der Waals surface area contributed by atoms with Crippen LogP contribution in [0.3, 0.4) is 0 Å². The maximum atomic E-state index is 2.56. The van der Waals surface area contributed by atoms with Crippen molar-refractivity contribution in [3.63, 3.8) is 0 Å². The van der Waals surface area contributed by atoms with E-state index < -0.39 is 0 Å². The molecule has 0 aliphatic heterocycles. The summed E-state index contributed by atoms with van der Waals surface area (Å²) in [5.74, 6) is 0. The highest BCUT2D eigenvalue weighted by molar-refractivity contribution is 7.25. The molecule has 4 nitrogen and oxygen atoms in total. The number of fused-ring (bicyclic) bond motifs is 8. The zero-order chi connectivity index (χ0) is 62.1. The maximum Gasteiger partial charge on any atom is 0.0727 e. The first-order valence-electron chi connectivity index (χ1n) is 32.0. The van der Waals surface area contributed by atoms with Gasteiger partial charge in [0, 0.05) is 92.1 Å². The normalized spacial score (nSPS) is 11.6. The van der Waals surface area contributed by atoms with Gasteiger partial charge in [0.1, 0.15) is 0 Å². The molecule has 94 heavy (non-hydrogen) atoms. The van der Waals surface area contributed by atoms with Crippen LogP contribution in [0.1, 0.15) is 0 Å². The van der Waals surface area contributed by atoms with E-state index >= 15 is 0 Å². The molecule has 18 rings (SSSR count). The largest absolute Gasteiger partial charge is 0.310 e. The molecule has 0 unspecified atom stereocenters. The van der Waals surface area contributed by atoms with Gasteiger partial charge in [0.25, 0.3) is 0 Å². The molecule has 0 amide bonds. The average Bonchev–Trinajstić information content (AvgIpc) is 1.54. The van der Waals surface area contributed by atoms with Gasteiger partial charge in [0.05, 0.1) is 32.5 Å². The van der Waals surface area contributed by atoms with Crippen LogP contribution in [0, 0.1) is 0 Å². The topological polar surface area (TPSA) is 16.3 Å². The second kappa shape index (κ2) is 23.2. The lowest BCUT2D eigenvalue weighted by atomic mass is 9.96. The van der Waals surface area contributed by atoms with Crippen molar-refractivity contribution >= 4 is 121 Å². The summed E-state index contributed by atoms with van der Waals surface area (Å²) in [6, 6.07) is 129. The second-order valence-electron chi connectivity index (χ2n) is 24.0. The van der Waals surface area contributed by atoms with Crippen molar-refractivity contribution in [1.29, 1.82) is 0 Å². The van der Waals surface area contributed by atoms with Crippen LogP contribution in [0.15, 0.2) is 352 Å². The minimum atomic E-state index is 1.06. The third-order valence-corrected chi connectivity index (χ3v) is 20.9. The van der Waals surface area contributed by atoms with Crippen molar-refractivity contribution in [3.05, 3.63) is 352 Å². The van der Waals surface area contributed by atoms with E-state index in [1.54, 1.807) is 0 Å². The summed E-state index contributed by atoms with van der Waals surface area (Å²) in [7, 11) is 0. The lowest BCUT2D eigenvalue weighted by Gasteiger charge is -2.28. The molecule has 18 aromatic rings. The van der Waals surface area contributed by atoms with Crippen molar-refractivity contribution in [3.8, 4) is 65.6 Å². The quantitative estimate of drug-likeness (QED) is 0.114. The standard InChI is InChI=1S/C88H58N4S2/c1-7-24-59(25-8-1)61-42-46-68(47-43-61)89(71-50-52-81-75(55-71)73-38-19-21-40-79(73)91(81)66-33-15-5-16-34-66)70-37-23-32-65(54-70)85-77-57-83(63-28-11-3-12-29-63)94-88(77)86(78-58-84(93-87(78)85)64-30-13-4-14-31-64)90(69-48-44-62(45-49-69)60-26-9-2-10-27-60)72-51-53-82-76(56-72)74-39-20-22-41-80(74)92(82)67-35-17-6-18-36-67/h1-58H. The molecule has 0 saturated carbocycles. The van der Waals surface area contributed by atoms with Crippen LogP contribution >= 0.6 is 22.7 Å². The van der Waals surface area contributed by atoms with Crippen molar-refractivity contribution in [2.24, 2.45) is 0 Å². The molecule has 442 valence electrons. The summed E-state index contributed by atoms with van der Waals surface area (Å²) >= 11 is 3.77. The van der Waals surface area contributed by atoms with Crippen LogP contribution in [0.25, 0.3) is 129 Å². The molecule has 14 aromatic carbocycles. The highest BCUT2D eigenvalue weighted by Crippen LogP contribution is 2.56. The van der Waals surface area contributed by atoms with Crippen LogP contribution in [-0.2, 0) is 0 Å². The predicted octanol–water partition coefficient (Wildman–Crippen LogP) is 25.6. The SMILES string of the molecule is c1ccc(-c2ccc(N(c3cccc(-c4c5cc(-c6ccccc6)sc5c(N(c5ccc(-c6ccccc6)cc5)c5ccc6c(c5)c5ccccc5n6-c5ccccc5)c5cc(-c6ccccc6)sc45)c3)c3ccc4c(c3)c3ccccc3n4-c3ccccc3)cc2)cc1. The summed E-state index contributed by atoms with van der Waals surface area (Å²) < 4.78 is 7.23. The highest BCUT2D eigenvalue weighted by Gasteiger charge is 2.29. The number of anilines is 6. The van der Waals surface area contributed by atoms with Gasteiger partial charge < -0.3 is 18.9 Å². The number of nitrogens with zero attached hydrogens (tertiary/aromatic N) is 4. The number of para-hydroxylation sites is 4. The van der Waals surface area contributed by atoms with Gasteiger partial charge in [-0.25, -0.2) is 0 Å². The third kappa shape index (κ3) is 9.49. The second-order valence-corrected chi connectivity index (χ2v) is 26.1. The monoisotopic (exact) mass is 1230 g/mol. The van der Waals surface area contributed by atoms with E-state index in [-0.39, 0.29) is 0 Å². The average molecular weight is 1240 g/mol. The maximum absolute atomic E-state index is 2.56. The van der Waals surface area contributed by atoms with Crippen molar-refractivity contribution in [1.82, 2.24) is 9.13 Å². The van der Waals surface area contributed by atoms with Crippen LogP contribution in [-0.4, -0.2) is 9.13 Å². The molecule has 0 N–H and O–H groups in total. The van der Waals surface area contributed by atoms with Crippen molar-refractivity contribution < 1.29 is 0 Å². The van der Waals surface area contributed by atoms with Gasteiger partial charge in [0.2, 0.25) is 0 Å². The van der Waals surface area contributed by atoms with E-state index in [9.17, 15) is 0 Å². The lowest BCUT2D eigenvalue weighted by molar-refractivity contribution is 1.18. The number of aromatic nitrogens is 2. The van der Waals surface area contributed by atoms with E-state index in [2.05, 4.69) is 371 Å². The van der Waals surface area contributed by atoms with Crippen LogP contribution in [0.5, 0.6) is 0 Å². The summed E-state index contributed by atoms with van der Waals surface area (Å²) in [6.07, 6.45) is 0. The van der Waals surface area contributed by atoms with Crippen LogP contribution < -0.4 is 9.80 Å². The van der Waals surface area contributed by atoms with Gasteiger partial charge in [-0.15, -0.1) is 22.7 Å². The molecule has 0 saturated heterocycles. The first-order valence-corrected chi connectivity index (χ1v) is 33.6. The molecular weight excluding hydrogens is 1180 g/mol. The van der Waals surface area contributed by atoms with Gasteiger partial charge in [-0.1, -0.05) is 231 Å². The fraction of sp³-hybridized carbons (Fsp3) is 0. The molecule has 4 aromatic heterocycles. The van der Waals surface area contributed by atoms with E-state index in [0.717, 1.165) is 62.1 Å². The first-order chi connectivity index (χ1) is 46.6. The lowest BCUT2D eigenvalue weighted by Crippen LogP contribution is -2.11. The molecule has 0 spiro atoms. The molecule has 4 heterocycles. The molecule has 0 bridgehead atoms. The number of hydrogen-bond acceptors (Lipinski definition) is 4. The molecule has 0 aliphatic carbocycles. The fourth-order valence-corrected chi connectivity index (χ4v) is 16.6. The fourth-order valence-electron chi connectivity index (χ4n) is 14.2. The highest BCUT2D eigenvalue weighted by atomic mass is 32.1. The Morgan fingerprint density at radius 2 is 0.574 bits per heavy atom. The minimum Gasteiger partial charge on any atom is -0.310 e. The zero-order valence-electron chi connectivity index (χ0n) is 51.1. The molecule has 6 heteroatoms. The summed E-state index contributed by atoms with van der Waals surface area (Å²) in [5, 5.41) is 7.18. The van der Waals surface area contributed by atoms with E-state index in [0.29, 0.717) is 0 Å². The van der Waals surface area contributed by atoms with Crippen molar-refractivity contribution in [2.45, 2.75) is 0 Å². The number of benzene rings is 14. The molecule has 0 radical (unpaired) electrons. The molecule has 0 aliphatic rings. The van der Waals surface area contributed by atoms with E-state index in [1.165, 1.54) is 101 Å². The van der Waals surface area contributed by atoms with Gasteiger partial charge in [-0.05, 0) is 160 Å². The Labute approximate surface area is 553 Å². The summed E-state index contributed by atoms with van der Waals surface area (Å²) in [4.78, 5) is 7.43. The van der Waals surface area contributed by atoms with Gasteiger partial charge >= 0.3 is 0 Å². The van der Waals surface area contributed by atoms with E-state index in [1.807, 2.05) is 22.7 Å². The smallest absolute Gasteiger partial charge is 0.0727 e. The Bertz CT molecular complexity index is 5720. The Morgan fingerprint density at radius 3 is 1.07 bits per heavy atom. The van der Waals surface area contributed by atoms with Gasteiger partial charge in [-0.2, -0.15) is 0 Å². The molecule has 0 fully saturated rings. The Hall–Kier alpha value is -11.8. The number of thiophene rings is 2. The number of rotatable bonds is 13. The molecule has 0 atom stereocenters. The Morgan fingerprint density at radius 1 is 0.213 bits per heavy atom. The van der Waals surface area contributed by atoms with Gasteiger partial charge in [-0.3, -0.25) is 0 Å². The Balaban J connectivity index is 0.896. The van der Waals surface area contributed by atoms with E-state index in [4.69, 9.17) is 0 Å². The predicted molar refractivity (Wildman–Crippen MR) is 402 cm³/mol. The minimum absolute atomic E-state index is 1.06. The summed E-state index contributed by atoms with van der Waals surface area (Å²) in [6.45, 7) is 0. The first kappa shape index (κ1) is 55.1. The number of hydrogen-bond donors (Lipinski definition) is 0. The van der Waals surface area contributed by atoms with Gasteiger partial charge in [0.15, 0.2) is 0 Å². The molecular formula is C88H58N4S2.